The molecule has 0 radical (unpaired) electrons. The third-order valence-corrected chi connectivity index (χ3v) is 1.67. The second-order valence-electron chi connectivity index (χ2n) is 2.44. The van der Waals surface area contributed by atoms with Gasteiger partial charge in [0.25, 0.3) is 0 Å². The van der Waals surface area contributed by atoms with Crippen LogP contribution in [0.5, 0.6) is 0 Å². The van der Waals surface area contributed by atoms with Crippen molar-refractivity contribution >= 4 is 23.4 Å². The van der Waals surface area contributed by atoms with Crippen molar-refractivity contribution in [2.45, 2.75) is 6.54 Å². The van der Waals surface area contributed by atoms with Crippen LogP contribution in [0.25, 0.3) is 11.0 Å². The predicted molar refractivity (Wildman–Crippen MR) is 51.2 cm³/mol. The number of H-pyrrole nitrogens is 1. The minimum atomic E-state index is 0. The number of rotatable bonds is 1. The highest BCUT2D eigenvalue weighted by Gasteiger charge is 1.96. The number of hydrogen-bond donors (Lipinski definition) is 2. The zero-order valence-corrected chi connectivity index (χ0v) is 7.27. The molecule has 2 heterocycles. The molecule has 0 aliphatic rings. The van der Waals surface area contributed by atoms with Gasteiger partial charge in [0, 0.05) is 23.8 Å². The molecule has 12 heavy (non-hydrogen) atoms. The van der Waals surface area contributed by atoms with Crippen molar-refractivity contribution in [2.24, 2.45) is 5.73 Å². The van der Waals surface area contributed by atoms with Crippen molar-refractivity contribution in [1.29, 1.82) is 0 Å². The number of nitrogens with one attached hydrogen (secondary N) is 1. The van der Waals surface area contributed by atoms with Gasteiger partial charge in [0.2, 0.25) is 0 Å². The average molecular weight is 184 g/mol. The summed E-state index contributed by atoms with van der Waals surface area (Å²) in [7, 11) is 0. The van der Waals surface area contributed by atoms with Gasteiger partial charge in [-0.15, -0.1) is 12.4 Å². The van der Waals surface area contributed by atoms with Gasteiger partial charge < -0.3 is 10.7 Å². The van der Waals surface area contributed by atoms with Gasteiger partial charge in [0.05, 0.1) is 0 Å². The Morgan fingerprint density at radius 2 is 2.33 bits per heavy atom. The molecule has 0 saturated heterocycles. The van der Waals surface area contributed by atoms with Gasteiger partial charge in [-0.1, -0.05) is 0 Å². The Morgan fingerprint density at radius 1 is 1.50 bits per heavy atom. The molecule has 64 valence electrons. The summed E-state index contributed by atoms with van der Waals surface area (Å²) in [6, 6.07) is 5.94. The lowest BCUT2D eigenvalue weighted by Crippen LogP contribution is -1.95. The molecule has 2 aromatic rings. The highest BCUT2D eigenvalue weighted by molar-refractivity contribution is 5.85. The first-order valence-electron chi connectivity index (χ1n) is 3.53. The minimum absolute atomic E-state index is 0. The Bertz CT molecular complexity index is 336. The van der Waals surface area contributed by atoms with Gasteiger partial charge in [-0.05, 0) is 18.2 Å². The second-order valence-corrected chi connectivity index (χ2v) is 2.44. The smallest absolute Gasteiger partial charge is 0.137 e. The number of hydrogen-bond acceptors (Lipinski definition) is 2. The lowest BCUT2D eigenvalue weighted by Gasteiger charge is -1.84. The maximum atomic E-state index is 5.45. The van der Waals surface area contributed by atoms with Gasteiger partial charge in [-0.2, -0.15) is 0 Å². The number of pyridine rings is 1. The summed E-state index contributed by atoms with van der Waals surface area (Å²) < 4.78 is 0. The van der Waals surface area contributed by atoms with Crippen molar-refractivity contribution < 1.29 is 0 Å². The summed E-state index contributed by atoms with van der Waals surface area (Å²) in [6.45, 7) is 0.538. The van der Waals surface area contributed by atoms with E-state index in [2.05, 4.69) is 9.97 Å². The van der Waals surface area contributed by atoms with Crippen molar-refractivity contribution in [3.63, 3.8) is 0 Å². The lowest BCUT2D eigenvalue weighted by atomic mass is 10.3. The number of aromatic nitrogens is 2. The standard InChI is InChI=1S/C8H9N3.ClH/c9-5-7-4-6-2-1-3-10-8(6)11-7;/h1-4H,5,9H2,(H,10,11);1H. The second kappa shape index (κ2) is 3.56. The molecule has 4 heteroatoms. The van der Waals surface area contributed by atoms with Gasteiger partial charge in [-0.3, -0.25) is 0 Å². The van der Waals surface area contributed by atoms with Crippen LogP contribution in [0.2, 0.25) is 0 Å². The first-order chi connectivity index (χ1) is 5.40. The summed E-state index contributed by atoms with van der Waals surface area (Å²) in [4.78, 5) is 7.25. The third-order valence-electron chi connectivity index (χ3n) is 1.67. The van der Waals surface area contributed by atoms with Gasteiger partial charge in [-0.25, -0.2) is 4.98 Å². The monoisotopic (exact) mass is 183 g/mol. The third kappa shape index (κ3) is 1.42. The molecule has 3 N–H and O–H groups in total. The van der Waals surface area contributed by atoms with Crippen LogP contribution in [-0.4, -0.2) is 9.97 Å². The fourth-order valence-corrected chi connectivity index (χ4v) is 1.12. The highest BCUT2D eigenvalue weighted by Crippen LogP contribution is 2.10. The van der Waals surface area contributed by atoms with Crippen molar-refractivity contribution in [3.8, 4) is 0 Å². The van der Waals surface area contributed by atoms with Gasteiger partial charge in [0.15, 0.2) is 0 Å². The van der Waals surface area contributed by atoms with E-state index in [4.69, 9.17) is 5.73 Å². The van der Waals surface area contributed by atoms with Crippen LogP contribution >= 0.6 is 12.4 Å². The molecule has 2 rings (SSSR count). The van der Waals surface area contributed by atoms with Crippen LogP contribution in [-0.2, 0) is 6.54 Å². The zero-order valence-electron chi connectivity index (χ0n) is 6.45. The molecule has 0 spiro atoms. The summed E-state index contributed by atoms with van der Waals surface area (Å²) in [5.74, 6) is 0. The first kappa shape index (κ1) is 9.03. The van der Waals surface area contributed by atoms with E-state index < -0.39 is 0 Å². The average Bonchev–Trinajstić information content (AvgIpc) is 2.46. The SMILES string of the molecule is Cl.NCc1cc2cccnc2[nH]1. The molecular weight excluding hydrogens is 174 g/mol. The van der Waals surface area contributed by atoms with Crippen LogP contribution < -0.4 is 5.73 Å². The Kier molecular flexibility index (Phi) is 2.68. The normalized spacial score (nSPS) is 9.75. The molecule has 2 aromatic heterocycles. The molecule has 3 nitrogen and oxygen atoms in total. The molecule has 0 saturated carbocycles. The summed E-state index contributed by atoms with van der Waals surface area (Å²) in [5.41, 5.74) is 7.39. The van der Waals surface area contributed by atoms with E-state index in [1.165, 1.54) is 0 Å². The van der Waals surface area contributed by atoms with Crippen molar-refractivity contribution in [3.05, 3.63) is 30.1 Å². The summed E-state index contributed by atoms with van der Waals surface area (Å²) in [5, 5.41) is 1.12. The molecule has 0 aliphatic heterocycles. The van der Waals surface area contributed by atoms with E-state index >= 15 is 0 Å². The molecular formula is C8H10ClN3. The lowest BCUT2D eigenvalue weighted by molar-refractivity contribution is 1.02. The topological polar surface area (TPSA) is 54.7 Å². The quantitative estimate of drug-likeness (QED) is 0.703. The van der Waals surface area contributed by atoms with Crippen molar-refractivity contribution in [1.82, 2.24) is 9.97 Å². The van der Waals surface area contributed by atoms with Gasteiger partial charge >= 0.3 is 0 Å². The number of fused-ring (bicyclic) bond motifs is 1. The molecule has 0 amide bonds. The van der Waals surface area contributed by atoms with E-state index in [-0.39, 0.29) is 12.4 Å². The highest BCUT2D eigenvalue weighted by atomic mass is 35.5. The van der Waals surface area contributed by atoms with Crippen LogP contribution in [0, 0.1) is 0 Å². The zero-order chi connectivity index (χ0) is 7.68. The van der Waals surface area contributed by atoms with Crippen molar-refractivity contribution in [2.75, 3.05) is 0 Å². The Labute approximate surface area is 76.4 Å². The van der Waals surface area contributed by atoms with E-state index in [0.29, 0.717) is 6.54 Å². The number of nitrogens with two attached hydrogens (primary N) is 1. The molecule has 0 fully saturated rings. The predicted octanol–water partition coefficient (Wildman–Crippen LogP) is 1.44. The van der Waals surface area contributed by atoms with E-state index in [0.717, 1.165) is 16.7 Å². The largest absolute Gasteiger partial charge is 0.342 e. The van der Waals surface area contributed by atoms with Crippen LogP contribution in [0.4, 0.5) is 0 Å². The first-order valence-corrected chi connectivity index (χ1v) is 3.53. The fourth-order valence-electron chi connectivity index (χ4n) is 1.12. The van der Waals surface area contributed by atoms with Crippen LogP contribution in [0.1, 0.15) is 5.69 Å². The Morgan fingerprint density at radius 3 is 3.00 bits per heavy atom. The molecule has 0 bridgehead atoms. The van der Waals surface area contributed by atoms with E-state index in [9.17, 15) is 0 Å². The molecule has 0 unspecified atom stereocenters. The van der Waals surface area contributed by atoms with Crippen LogP contribution in [0.3, 0.4) is 0 Å². The van der Waals surface area contributed by atoms with E-state index in [1.807, 2.05) is 18.2 Å². The summed E-state index contributed by atoms with van der Waals surface area (Å²) >= 11 is 0. The Balaban J connectivity index is 0.000000720. The number of nitrogens with zero attached hydrogens (tertiary/aromatic N) is 1. The molecule has 0 aliphatic carbocycles. The Hall–Kier alpha value is -1.06. The number of halogens is 1. The molecule has 0 aromatic carbocycles. The maximum absolute atomic E-state index is 5.45. The van der Waals surface area contributed by atoms with Gasteiger partial charge in [0.1, 0.15) is 5.65 Å². The fraction of sp³-hybridized carbons (Fsp3) is 0.125. The number of aromatic amines is 1. The van der Waals surface area contributed by atoms with E-state index in [1.54, 1.807) is 6.20 Å². The van der Waals surface area contributed by atoms with Crippen LogP contribution in [0.15, 0.2) is 24.4 Å². The maximum Gasteiger partial charge on any atom is 0.137 e. The minimum Gasteiger partial charge on any atom is -0.342 e. The molecule has 0 atom stereocenters. The summed E-state index contributed by atoms with van der Waals surface area (Å²) in [6.07, 6.45) is 1.76.